The first-order chi connectivity index (χ1) is 14.6. The van der Waals surface area contributed by atoms with E-state index < -0.39 is 53.2 Å². The zero-order valence-corrected chi connectivity index (χ0v) is 17.4. The number of benzene rings is 2. The molecule has 2 aliphatic rings. The standard InChI is InChI=1S/C20H15BClF6NO3/c1-17(2)14-5-10(3-4-15(14)21(30)31-17)16-9-18(32-29-16,20(26,27)28)11-6-12(19(23,24)25)8-13(22)7-11/h3-8,30H,9H2,1-2H3. The van der Waals surface area contributed by atoms with Gasteiger partial charge in [0.05, 0.1) is 16.9 Å². The van der Waals surface area contributed by atoms with Crippen molar-refractivity contribution in [2.45, 2.75) is 43.8 Å². The second kappa shape index (κ2) is 7.13. The third kappa shape index (κ3) is 3.66. The van der Waals surface area contributed by atoms with Crippen LogP contribution in [0.2, 0.25) is 5.02 Å². The van der Waals surface area contributed by atoms with Crippen molar-refractivity contribution in [2.75, 3.05) is 0 Å². The lowest BCUT2D eigenvalue weighted by Crippen LogP contribution is -2.43. The molecule has 1 atom stereocenters. The molecule has 0 aromatic heterocycles. The lowest BCUT2D eigenvalue weighted by molar-refractivity contribution is -0.276. The largest absolute Gasteiger partial charge is 0.492 e. The van der Waals surface area contributed by atoms with E-state index in [-0.39, 0.29) is 11.3 Å². The molecule has 0 radical (unpaired) electrons. The van der Waals surface area contributed by atoms with Gasteiger partial charge in [-0.2, -0.15) is 26.3 Å². The lowest BCUT2D eigenvalue weighted by atomic mass is 9.77. The highest BCUT2D eigenvalue weighted by Crippen LogP contribution is 2.50. The van der Waals surface area contributed by atoms with Crippen LogP contribution in [-0.4, -0.2) is 24.0 Å². The van der Waals surface area contributed by atoms with Gasteiger partial charge in [0.25, 0.3) is 5.60 Å². The minimum Gasteiger partial charge on any atom is -0.423 e. The molecule has 0 spiro atoms. The van der Waals surface area contributed by atoms with Gasteiger partial charge in [0.1, 0.15) is 0 Å². The molecule has 4 nitrogen and oxygen atoms in total. The van der Waals surface area contributed by atoms with Gasteiger partial charge in [-0.25, -0.2) is 0 Å². The SMILES string of the molecule is CC1(C)OB(O)c2ccc(C3=NOC(c4cc(Cl)cc(C(F)(F)F)c4)(C(F)(F)F)C3)cc21. The number of nitrogens with zero attached hydrogens (tertiary/aromatic N) is 1. The average Bonchev–Trinajstić information content (AvgIpc) is 3.21. The van der Waals surface area contributed by atoms with E-state index in [9.17, 15) is 31.4 Å². The molecule has 32 heavy (non-hydrogen) atoms. The number of alkyl halides is 6. The van der Waals surface area contributed by atoms with Crippen LogP contribution < -0.4 is 5.46 Å². The maximum absolute atomic E-state index is 14.2. The normalized spacial score (nSPS) is 22.6. The van der Waals surface area contributed by atoms with Crippen LogP contribution in [0.4, 0.5) is 26.3 Å². The Hall–Kier alpha value is -2.24. The van der Waals surface area contributed by atoms with E-state index in [2.05, 4.69) is 5.16 Å². The van der Waals surface area contributed by atoms with Crippen molar-refractivity contribution in [2.24, 2.45) is 5.16 Å². The lowest BCUT2D eigenvalue weighted by Gasteiger charge is -2.30. The second-order valence-corrected chi connectivity index (χ2v) is 8.58. The first-order valence-corrected chi connectivity index (χ1v) is 9.73. The van der Waals surface area contributed by atoms with Crippen molar-refractivity contribution in [3.05, 3.63) is 63.7 Å². The van der Waals surface area contributed by atoms with Crippen molar-refractivity contribution in [1.82, 2.24) is 0 Å². The summed E-state index contributed by atoms with van der Waals surface area (Å²) < 4.78 is 87.5. The molecule has 1 unspecified atom stereocenters. The number of rotatable bonds is 2. The number of fused-ring (bicyclic) bond motifs is 1. The quantitative estimate of drug-likeness (QED) is 0.495. The van der Waals surface area contributed by atoms with E-state index in [1.54, 1.807) is 13.8 Å². The number of hydrogen-bond donors (Lipinski definition) is 1. The minimum absolute atomic E-state index is 0.115. The highest BCUT2D eigenvalue weighted by atomic mass is 35.5. The molecule has 0 aliphatic carbocycles. The smallest absolute Gasteiger partial charge is 0.423 e. The summed E-state index contributed by atoms with van der Waals surface area (Å²) in [5, 5.41) is 13.1. The van der Waals surface area contributed by atoms with Crippen LogP contribution >= 0.6 is 11.6 Å². The first-order valence-electron chi connectivity index (χ1n) is 9.35. The van der Waals surface area contributed by atoms with E-state index in [0.717, 1.165) is 6.07 Å². The minimum atomic E-state index is -5.10. The average molecular weight is 478 g/mol. The third-order valence-electron chi connectivity index (χ3n) is 5.58. The first kappa shape index (κ1) is 22.9. The predicted octanol–water partition coefficient (Wildman–Crippen LogP) is 4.89. The van der Waals surface area contributed by atoms with Gasteiger partial charge < -0.3 is 14.5 Å². The summed E-state index contributed by atoms with van der Waals surface area (Å²) in [4.78, 5) is 4.83. The molecule has 12 heteroatoms. The summed E-state index contributed by atoms with van der Waals surface area (Å²) in [5.41, 5.74) is -5.01. The molecule has 2 heterocycles. The van der Waals surface area contributed by atoms with Crippen molar-refractivity contribution < 1.29 is 40.9 Å². The van der Waals surface area contributed by atoms with Crippen LogP contribution in [0.1, 0.15) is 42.5 Å². The Morgan fingerprint density at radius 2 is 1.75 bits per heavy atom. The second-order valence-electron chi connectivity index (χ2n) is 8.14. The molecular formula is C20H15BClF6NO3. The fraction of sp³-hybridized carbons (Fsp3) is 0.350. The monoisotopic (exact) mass is 477 g/mol. The van der Waals surface area contributed by atoms with E-state index in [1.165, 1.54) is 18.2 Å². The van der Waals surface area contributed by atoms with E-state index in [0.29, 0.717) is 23.2 Å². The fourth-order valence-electron chi connectivity index (χ4n) is 3.92. The highest BCUT2D eigenvalue weighted by Gasteiger charge is 2.62. The Kier molecular flexibility index (Phi) is 5.11. The molecule has 0 saturated carbocycles. The Labute approximate surface area is 183 Å². The van der Waals surface area contributed by atoms with Gasteiger partial charge in [-0.15, -0.1) is 0 Å². The van der Waals surface area contributed by atoms with E-state index in [1.807, 2.05) is 0 Å². The summed E-state index contributed by atoms with van der Waals surface area (Å²) in [6.07, 6.45) is -10.9. The molecule has 2 aromatic carbocycles. The van der Waals surface area contributed by atoms with Crippen molar-refractivity contribution in [3.8, 4) is 0 Å². The Morgan fingerprint density at radius 1 is 1.06 bits per heavy atom. The van der Waals surface area contributed by atoms with Gasteiger partial charge in [-0.05, 0) is 54.7 Å². The summed E-state index contributed by atoms with van der Waals surface area (Å²) in [5.74, 6) is 0. The Morgan fingerprint density at radius 3 is 2.38 bits per heavy atom. The highest BCUT2D eigenvalue weighted by molar-refractivity contribution is 6.62. The zero-order valence-electron chi connectivity index (χ0n) is 16.6. The number of hydrogen-bond acceptors (Lipinski definition) is 4. The van der Waals surface area contributed by atoms with E-state index in [4.69, 9.17) is 21.1 Å². The van der Waals surface area contributed by atoms with Gasteiger partial charge >= 0.3 is 19.5 Å². The summed E-state index contributed by atoms with van der Waals surface area (Å²) in [6.45, 7) is 3.37. The molecule has 4 rings (SSSR count). The number of oxime groups is 1. The van der Waals surface area contributed by atoms with Crippen LogP contribution in [0, 0.1) is 0 Å². The van der Waals surface area contributed by atoms with Gasteiger partial charge in [0.15, 0.2) is 0 Å². The molecule has 0 bridgehead atoms. The van der Waals surface area contributed by atoms with Crippen molar-refractivity contribution in [1.29, 1.82) is 0 Å². The van der Waals surface area contributed by atoms with Gasteiger partial charge in [0, 0.05) is 17.0 Å². The third-order valence-corrected chi connectivity index (χ3v) is 5.80. The van der Waals surface area contributed by atoms with Crippen molar-refractivity contribution >= 4 is 29.9 Å². The fourth-order valence-corrected chi connectivity index (χ4v) is 4.16. The van der Waals surface area contributed by atoms with Gasteiger partial charge in [0.2, 0.25) is 0 Å². The summed E-state index contributed by atoms with van der Waals surface area (Å²) in [7, 11) is -1.18. The molecule has 170 valence electrons. The molecule has 0 amide bonds. The summed E-state index contributed by atoms with van der Waals surface area (Å²) in [6, 6.07) is 6.17. The predicted molar refractivity (Wildman–Crippen MR) is 105 cm³/mol. The molecule has 2 aliphatic heterocycles. The zero-order chi connectivity index (χ0) is 23.7. The molecule has 2 aromatic rings. The van der Waals surface area contributed by atoms with Crippen LogP contribution in [0.25, 0.3) is 0 Å². The van der Waals surface area contributed by atoms with Crippen molar-refractivity contribution in [3.63, 3.8) is 0 Å². The van der Waals surface area contributed by atoms with Crippen LogP contribution in [0.5, 0.6) is 0 Å². The molecule has 0 fully saturated rings. The molecule has 1 N–H and O–H groups in total. The van der Waals surface area contributed by atoms with Crippen LogP contribution in [0.3, 0.4) is 0 Å². The van der Waals surface area contributed by atoms with Crippen LogP contribution in [-0.2, 0) is 26.9 Å². The van der Waals surface area contributed by atoms with Gasteiger partial charge in [-0.3, -0.25) is 0 Å². The Balaban J connectivity index is 1.76. The topological polar surface area (TPSA) is 51.0 Å². The molecular weight excluding hydrogens is 462 g/mol. The number of halogens is 7. The van der Waals surface area contributed by atoms with E-state index >= 15 is 0 Å². The molecule has 0 saturated heterocycles. The Bertz CT molecular complexity index is 1120. The summed E-state index contributed by atoms with van der Waals surface area (Å²) >= 11 is 5.71. The van der Waals surface area contributed by atoms with Gasteiger partial charge in [-0.1, -0.05) is 28.9 Å². The maximum atomic E-state index is 14.2. The maximum Gasteiger partial charge on any atom is 0.492 e. The van der Waals surface area contributed by atoms with Crippen LogP contribution in [0.15, 0.2) is 41.6 Å².